The molecular weight excluding hydrogens is 349 g/mol. The number of anilines is 1. The van der Waals surface area contributed by atoms with Gasteiger partial charge in [0.25, 0.3) is 0 Å². The minimum atomic E-state index is -1.09. The summed E-state index contributed by atoms with van der Waals surface area (Å²) < 4.78 is 48.2. The van der Waals surface area contributed by atoms with Crippen molar-refractivity contribution in [1.82, 2.24) is 19.7 Å². The van der Waals surface area contributed by atoms with Gasteiger partial charge in [-0.3, -0.25) is 0 Å². The number of hydrogen-bond donors (Lipinski definition) is 1. The van der Waals surface area contributed by atoms with Crippen LogP contribution in [0.15, 0.2) is 16.5 Å². The van der Waals surface area contributed by atoms with Crippen LogP contribution in [0.1, 0.15) is 18.2 Å². The molecule has 0 amide bonds. The quantitative estimate of drug-likeness (QED) is 0.762. The zero-order valence-corrected chi connectivity index (χ0v) is 14.0. The number of aryl methyl sites for hydroxylation is 1. The number of nitrogens with two attached hydrogens (primary N) is 1. The molecule has 0 bridgehead atoms. The van der Waals surface area contributed by atoms with Crippen molar-refractivity contribution in [3.05, 3.63) is 35.5 Å². The molecule has 0 radical (unpaired) electrons. The van der Waals surface area contributed by atoms with Crippen molar-refractivity contribution in [3.8, 4) is 0 Å². The smallest absolute Gasteiger partial charge is 0.236 e. The molecule has 10 heteroatoms. The van der Waals surface area contributed by atoms with Crippen LogP contribution in [0.3, 0.4) is 0 Å². The van der Waals surface area contributed by atoms with Gasteiger partial charge >= 0.3 is 0 Å². The van der Waals surface area contributed by atoms with Crippen molar-refractivity contribution in [2.75, 3.05) is 18.0 Å². The summed E-state index contributed by atoms with van der Waals surface area (Å²) in [6.45, 7) is 2.43. The first kappa shape index (κ1) is 16.8. The van der Waals surface area contributed by atoms with Gasteiger partial charge in [0.15, 0.2) is 11.6 Å². The van der Waals surface area contributed by atoms with E-state index in [1.54, 1.807) is 16.4 Å². The molecule has 2 aromatic heterocycles. The Hall–Kier alpha value is -2.62. The lowest BCUT2D eigenvalue weighted by atomic mass is 10.1. The highest BCUT2D eigenvalue weighted by atomic mass is 19.2. The zero-order chi connectivity index (χ0) is 18.4. The first-order valence-corrected chi connectivity index (χ1v) is 8.21. The van der Waals surface area contributed by atoms with Gasteiger partial charge in [-0.1, -0.05) is 0 Å². The first-order chi connectivity index (χ1) is 12.4. The summed E-state index contributed by atoms with van der Waals surface area (Å²) in [5.74, 6) is -0.836. The van der Waals surface area contributed by atoms with Crippen LogP contribution < -0.4 is 10.6 Å². The minimum Gasteiger partial charge on any atom is -0.424 e. The summed E-state index contributed by atoms with van der Waals surface area (Å²) in [6, 6.07) is 1.45. The van der Waals surface area contributed by atoms with Crippen molar-refractivity contribution < 1.29 is 17.6 Å². The molecule has 0 spiro atoms. The van der Waals surface area contributed by atoms with Crippen molar-refractivity contribution in [2.45, 2.75) is 32.1 Å². The SMILES string of the molecule is Cc1nnc(Cn2c(N3CCC(F)C(N)C3)nc3cc(F)c(F)cc32)o1. The number of aromatic nitrogens is 4. The molecule has 1 fully saturated rings. The van der Waals surface area contributed by atoms with Gasteiger partial charge in [0.2, 0.25) is 17.7 Å². The van der Waals surface area contributed by atoms with E-state index in [0.29, 0.717) is 29.8 Å². The number of nitrogens with zero attached hydrogens (tertiary/aromatic N) is 5. The van der Waals surface area contributed by atoms with E-state index in [1.807, 2.05) is 0 Å². The molecule has 26 heavy (non-hydrogen) atoms. The molecule has 4 rings (SSSR count). The fourth-order valence-corrected chi connectivity index (χ4v) is 3.18. The van der Waals surface area contributed by atoms with Crippen LogP contribution in [-0.2, 0) is 6.54 Å². The molecule has 3 aromatic rings. The second kappa shape index (κ2) is 6.27. The van der Waals surface area contributed by atoms with Crippen LogP contribution in [-0.4, -0.2) is 45.1 Å². The Bertz CT molecular complexity index is 955. The van der Waals surface area contributed by atoms with E-state index < -0.39 is 23.8 Å². The normalized spacial score (nSPS) is 20.9. The lowest BCUT2D eigenvalue weighted by Crippen LogP contribution is -2.50. The standard InChI is InChI=1S/C16H17F3N6O/c1-8-22-23-15(26-8)7-25-14-5-11(19)10(18)4-13(14)21-16(25)24-3-2-9(17)12(20)6-24/h4-5,9,12H,2-3,6-7,20H2,1H3. The maximum Gasteiger partial charge on any atom is 0.236 e. The Balaban J connectivity index is 1.81. The first-order valence-electron chi connectivity index (χ1n) is 8.21. The van der Waals surface area contributed by atoms with E-state index in [9.17, 15) is 13.2 Å². The number of halogens is 3. The van der Waals surface area contributed by atoms with Gasteiger partial charge in [0, 0.05) is 32.1 Å². The number of hydrogen-bond acceptors (Lipinski definition) is 6. The molecule has 7 nitrogen and oxygen atoms in total. The molecule has 2 atom stereocenters. The maximum absolute atomic E-state index is 13.8. The highest BCUT2D eigenvalue weighted by molar-refractivity contribution is 5.79. The van der Waals surface area contributed by atoms with E-state index in [1.165, 1.54) is 0 Å². The summed E-state index contributed by atoms with van der Waals surface area (Å²) in [4.78, 5) is 6.22. The van der Waals surface area contributed by atoms with Gasteiger partial charge in [0.05, 0.1) is 17.1 Å². The number of imidazole rings is 1. The summed E-state index contributed by atoms with van der Waals surface area (Å²) in [6.07, 6.45) is -0.829. The summed E-state index contributed by atoms with van der Waals surface area (Å²) >= 11 is 0. The van der Waals surface area contributed by atoms with Gasteiger partial charge in [0.1, 0.15) is 12.7 Å². The van der Waals surface area contributed by atoms with Gasteiger partial charge < -0.3 is 19.6 Å². The second-order valence-electron chi connectivity index (χ2n) is 6.38. The third kappa shape index (κ3) is 2.90. The number of piperidine rings is 1. The molecule has 1 aromatic carbocycles. The third-order valence-electron chi connectivity index (χ3n) is 4.48. The van der Waals surface area contributed by atoms with E-state index in [0.717, 1.165) is 12.1 Å². The zero-order valence-electron chi connectivity index (χ0n) is 14.0. The van der Waals surface area contributed by atoms with Crippen molar-refractivity contribution >= 4 is 17.0 Å². The van der Waals surface area contributed by atoms with Crippen molar-refractivity contribution in [1.29, 1.82) is 0 Å². The topological polar surface area (TPSA) is 86.0 Å². The molecule has 2 N–H and O–H groups in total. The summed E-state index contributed by atoms with van der Waals surface area (Å²) in [7, 11) is 0. The summed E-state index contributed by atoms with van der Waals surface area (Å²) in [5.41, 5.74) is 6.50. The number of fused-ring (bicyclic) bond motifs is 1. The lowest BCUT2D eigenvalue weighted by molar-refractivity contribution is 0.243. The highest BCUT2D eigenvalue weighted by Crippen LogP contribution is 2.28. The second-order valence-corrected chi connectivity index (χ2v) is 6.38. The molecule has 0 saturated carbocycles. The van der Waals surface area contributed by atoms with Crippen LogP contribution >= 0.6 is 0 Å². The largest absolute Gasteiger partial charge is 0.424 e. The maximum atomic E-state index is 13.8. The highest BCUT2D eigenvalue weighted by Gasteiger charge is 2.29. The molecule has 138 valence electrons. The molecule has 3 heterocycles. The fourth-order valence-electron chi connectivity index (χ4n) is 3.18. The average molecular weight is 366 g/mol. The van der Waals surface area contributed by atoms with E-state index in [4.69, 9.17) is 10.2 Å². The van der Waals surface area contributed by atoms with Gasteiger partial charge in [-0.05, 0) is 6.42 Å². The Labute approximate surface area is 146 Å². The molecule has 2 unspecified atom stereocenters. The predicted molar refractivity (Wildman–Crippen MR) is 87.5 cm³/mol. The molecule has 1 saturated heterocycles. The van der Waals surface area contributed by atoms with Crippen LogP contribution in [0.2, 0.25) is 0 Å². The van der Waals surface area contributed by atoms with Crippen molar-refractivity contribution in [2.24, 2.45) is 5.73 Å². The minimum absolute atomic E-state index is 0.128. The number of rotatable bonds is 3. The van der Waals surface area contributed by atoms with Gasteiger partial charge in [-0.15, -0.1) is 10.2 Å². The van der Waals surface area contributed by atoms with E-state index in [-0.39, 0.29) is 25.0 Å². The van der Waals surface area contributed by atoms with Crippen LogP contribution in [0.25, 0.3) is 11.0 Å². The molecular formula is C16H17F3N6O. The van der Waals surface area contributed by atoms with Gasteiger partial charge in [-0.25, -0.2) is 18.2 Å². The van der Waals surface area contributed by atoms with Gasteiger partial charge in [-0.2, -0.15) is 0 Å². The van der Waals surface area contributed by atoms with Crippen LogP contribution in [0, 0.1) is 18.6 Å². The van der Waals surface area contributed by atoms with Crippen LogP contribution in [0.4, 0.5) is 19.1 Å². The third-order valence-corrected chi connectivity index (χ3v) is 4.48. The monoisotopic (exact) mass is 366 g/mol. The Morgan fingerprint density at radius 2 is 2.04 bits per heavy atom. The fraction of sp³-hybridized carbons (Fsp3) is 0.438. The number of benzene rings is 1. The summed E-state index contributed by atoms with van der Waals surface area (Å²) in [5, 5.41) is 7.72. The molecule has 1 aliphatic heterocycles. The van der Waals surface area contributed by atoms with E-state index >= 15 is 0 Å². The number of alkyl halides is 1. The van der Waals surface area contributed by atoms with Crippen LogP contribution in [0.5, 0.6) is 0 Å². The predicted octanol–water partition coefficient (Wildman–Crippen LogP) is 1.93. The van der Waals surface area contributed by atoms with E-state index in [2.05, 4.69) is 15.2 Å². The Morgan fingerprint density at radius 1 is 1.27 bits per heavy atom. The molecule has 1 aliphatic rings. The van der Waals surface area contributed by atoms with Crippen molar-refractivity contribution in [3.63, 3.8) is 0 Å². The lowest BCUT2D eigenvalue weighted by Gasteiger charge is -2.33. The average Bonchev–Trinajstić information content (AvgIpc) is 3.15. The Morgan fingerprint density at radius 3 is 2.73 bits per heavy atom. The Kier molecular flexibility index (Phi) is 4.06. The molecule has 0 aliphatic carbocycles.